The third kappa shape index (κ3) is 3.54. The maximum atomic E-state index is 12.7. The van der Waals surface area contributed by atoms with Gasteiger partial charge in [0.15, 0.2) is 11.4 Å². The summed E-state index contributed by atoms with van der Waals surface area (Å²) in [4.78, 5) is 12.7. The summed E-state index contributed by atoms with van der Waals surface area (Å²) in [5.74, 6) is -1.26. The average Bonchev–Trinajstić information content (AvgIpc) is 3.33. The molecule has 1 aromatic heterocycles. The summed E-state index contributed by atoms with van der Waals surface area (Å²) < 4.78 is 1.80. The summed E-state index contributed by atoms with van der Waals surface area (Å²) in [6.45, 7) is 0. The Morgan fingerprint density at radius 3 is 2.69 bits per heavy atom. The van der Waals surface area contributed by atoms with Crippen LogP contribution in [0.25, 0.3) is 5.69 Å². The van der Waals surface area contributed by atoms with Crippen LogP contribution in [0.2, 0.25) is 10.0 Å². The van der Waals surface area contributed by atoms with E-state index in [1.54, 1.807) is 4.68 Å². The number of carbonyl (C=O) groups excluding carboxylic acids is 1. The number of halogens is 2. The molecule has 1 aliphatic rings. The minimum absolute atomic E-state index is 0.0417. The van der Waals surface area contributed by atoms with Crippen LogP contribution in [0.15, 0.2) is 41.5 Å². The fourth-order valence-electron chi connectivity index (χ4n) is 3.33. The van der Waals surface area contributed by atoms with Gasteiger partial charge in [-0.3, -0.25) is 4.79 Å². The van der Waals surface area contributed by atoms with Crippen LogP contribution in [-0.2, 0) is 12.8 Å². The van der Waals surface area contributed by atoms with Gasteiger partial charge >= 0.3 is 0 Å². The van der Waals surface area contributed by atoms with E-state index < -0.39 is 11.7 Å². The number of carbonyl (C=O) groups is 1. The van der Waals surface area contributed by atoms with Gasteiger partial charge in [-0.25, -0.2) is 10.1 Å². The minimum Gasteiger partial charge on any atom is -0.506 e. The molecule has 29 heavy (non-hydrogen) atoms. The first kappa shape index (κ1) is 19.3. The third-order valence-electron chi connectivity index (χ3n) is 4.71. The summed E-state index contributed by atoms with van der Waals surface area (Å²) in [5, 5.41) is 27.6. The number of hydrazone groups is 1. The molecule has 0 saturated carbocycles. The van der Waals surface area contributed by atoms with E-state index >= 15 is 0 Å². The first-order valence-corrected chi connectivity index (χ1v) is 9.62. The lowest BCUT2D eigenvalue weighted by Gasteiger charge is -2.05. The summed E-state index contributed by atoms with van der Waals surface area (Å²) in [6.07, 6.45) is 3.78. The maximum Gasteiger partial charge on any atom is 0.292 e. The molecular formula is C20H16Cl2N4O3. The molecule has 0 aliphatic heterocycles. The Hall–Kier alpha value is -3.03. The number of para-hydroxylation sites is 1. The molecule has 3 N–H and O–H groups in total. The first-order chi connectivity index (χ1) is 14.0. The molecule has 0 fully saturated rings. The van der Waals surface area contributed by atoms with Gasteiger partial charge in [-0.2, -0.15) is 10.2 Å². The molecule has 0 bridgehead atoms. The zero-order valence-electron chi connectivity index (χ0n) is 15.1. The summed E-state index contributed by atoms with van der Waals surface area (Å²) >= 11 is 11.7. The summed E-state index contributed by atoms with van der Waals surface area (Å²) in [5.41, 5.74) is 5.73. The molecule has 1 heterocycles. The van der Waals surface area contributed by atoms with E-state index in [0.717, 1.165) is 36.2 Å². The molecule has 4 rings (SSSR count). The Balaban J connectivity index is 1.58. The van der Waals surface area contributed by atoms with Crippen LogP contribution in [0.5, 0.6) is 11.5 Å². The zero-order valence-corrected chi connectivity index (χ0v) is 16.6. The van der Waals surface area contributed by atoms with Crippen molar-refractivity contribution in [1.82, 2.24) is 15.2 Å². The standard InChI is InChI=1S/C20H16Cl2N4O3/c21-14-9-11(18(27)16(22)19(14)28)10-23-24-20(29)17-13-7-4-8-15(13)26(25-17)12-5-2-1-3-6-12/h1-3,5-6,9-10,27-28H,4,7-8H2,(H,24,29)/b23-10+. The summed E-state index contributed by atoms with van der Waals surface area (Å²) in [7, 11) is 0. The van der Waals surface area contributed by atoms with Crippen molar-refractivity contribution in [2.45, 2.75) is 19.3 Å². The number of benzene rings is 2. The predicted octanol–water partition coefficient (Wildman–Crippen LogP) is 3.84. The van der Waals surface area contributed by atoms with Gasteiger partial charge in [0.05, 0.1) is 16.9 Å². The Morgan fingerprint density at radius 1 is 1.17 bits per heavy atom. The van der Waals surface area contributed by atoms with Crippen molar-refractivity contribution in [3.05, 3.63) is 69.0 Å². The lowest BCUT2D eigenvalue weighted by atomic mass is 10.2. The number of aromatic nitrogens is 2. The highest BCUT2D eigenvalue weighted by Gasteiger charge is 2.26. The van der Waals surface area contributed by atoms with Gasteiger partial charge in [-0.1, -0.05) is 41.4 Å². The number of aromatic hydroxyl groups is 2. The fraction of sp³-hybridized carbons (Fsp3) is 0.150. The average molecular weight is 431 g/mol. The summed E-state index contributed by atoms with van der Waals surface area (Å²) in [6, 6.07) is 10.9. The van der Waals surface area contributed by atoms with E-state index in [0.29, 0.717) is 5.69 Å². The van der Waals surface area contributed by atoms with Gasteiger partial charge in [-0.15, -0.1) is 0 Å². The third-order valence-corrected chi connectivity index (χ3v) is 5.36. The number of phenols is 2. The number of hydrogen-bond donors (Lipinski definition) is 3. The highest BCUT2D eigenvalue weighted by molar-refractivity contribution is 6.38. The topological polar surface area (TPSA) is 99.7 Å². The van der Waals surface area contributed by atoms with E-state index in [-0.39, 0.29) is 21.4 Å². The van der Waals surface area contributed by atoms with Crippen LogP contribution in [0.1, 0.15) is 33.7 Å². The second-order valence-corrected chi connectivity index (χ2v) is 7.32. The van der Waals surface area contributed by atoms with E-state index in [1.807, 2.05) is 30.3 Å². The number of phenolic OH excluding ortho intramolecular Hbond substituents is 2. The second kappa shape index (κ2) is 7.77. The largest absolute Gasteiger partial charge is 0.506 e. The first-order valence-electron chi connectivity index (χ1n) is 8.87. The molecule has 3 aromatic rings. The van der Waals surface area contributed by atoms with Gasteiger partial charge in [0.2, 0.25) is 0 Å². The second-order valence-electron chi connectivity index (χ2n) is 6.53. The van der Waals surface area contributed by atoms with Crippen molar-refractivity contribution in [2.24, 2.45) is 5.10 Å². The fourth-order valence-corrected chi connectivity index (χ4v) is 3.80. The molecule has 1 aliphatic carbocycles. The maximum absolute atomic E-state index is 12.7. The van der Waals surface area contributed by atoms with Gasteiger partial charge in [0.1, 0.15) is 10.8 Å². The van der Waals surface area contributed by atoms with Crippen molar-refractivity contribution >= 4 is 35.3 Å². The zero-order chi connectivity index (χ0) is 20.5. The van der Waals surface area contributed by atoms with Crippen molar-refractivity contribution in [3.63, 3.8) is 0 Å². The molecule has 1 amide bonds. The van der Waals surface area contributed by atoms with Crippen molar-refractivity contribution < 1.29 is 15.0 Å². The molecule has 0 saturated heterocycles. The molecule has 148 valence electrons. The molecular weight excluding hydrogens is 415 g/mol. The predicted molar refractivity (Wildman–Crippen MR) is 110 cm³/mol. The number of nitrogens with one attached hydrogen (secondary N) is 1. The van der Waals surface area contributed by atoms with Gasteiger partial charge in [-0.05, 0) is 37.5 Å². The highest BCUT2D eigenvalue weighted by Crippen LogP contribution is 2.40. The molecule has 0 spiro atoms. The van der Waals surface area contributed by atoms with E-state index in [9.17, 15) is 15.0 Å². The van der Waals surface area contributed by atoms with E-state index in [4.69, 9.17) is 23.2 Å². The van der Waals surface area contributed by atoms with Crippen LogP contribution in [0.3, 0.4) is 0 Å². The van der Waals surface area contributed by atoms with Crippen molar-refractivity contribution in [2.75, 3.05) is 0 Å². The number of rotatable bonds is 4. The van der Waals surface area contributed by atoms with Crippen LogP contribution in [0.4, 0.5) is 0 Å². The Kier molecular flexibility index (Phi) is 5.17. The van der Waals surface area contributed by atoms with Gasteiger partial charge in [0.25, 0.3) is 5.91 Å². The van der Waals surface area contributed by atoms with Gasteiger partial charge in [0, 0.05) is 16.8 Å². The number of nitrogens with zero attached hydrogens (tertiary/aromatic N) is 3. The molecule has 0 unspecified atom stereocenters. The van der Waals surface area contributed by atoms with Crippen LogP contribution in [0, 0.1) is 0 Å². The smallest absolute Gasteiger partial charge is 0.292 e. The van der Waals surface area contributed by atoms with Crippen LogP contribution < -0.4 is 5.43 Å². The Bertz CT molecular complexity index is 1130. The number of amides is 1. The van der Waals surface area contributed by atoms with Crippen molar-refractivity contribution in [1.29, 1.82) is 0 Å². The number of fused-ring (bicyclic) bond motifs is 1. The molecule has 0 radical (unpaired) electrons. The molecule has 0 atom stereocenters. The van der Waals surface area contributed by atoms with E-state index in [1.165, 1.54) is 12.3 Å². The number of hydrogen-bond acceptors (Lipinski definition) is 5. The van der Waals surface area contributed by atoms with Crippen LogP contribution in [-0.4, -0.2) is 32.1 Å². The highest BCUT2D eigenvalue weighted by atomic mass is 35.5. The molecule has 7 nitrogen and oxygen atoms in total. The van der Waals surface area contributed by atoms with Crippen molar-refractivity contribution in [3.8, 4) is 17.2 Å². The SMILES string of the molecule is O=C(N/N=C/c1cc(Cl)c(O)c(Cl)c1O)c1nn(-c2ccccc2)c2c1CCC2. The lowest BCUT2D eigenvalue weighted by Crippen LogP contribution is -2.20. The normalized spacial score (nSPS) is 13.0. The molecule has 9 heteroatoms. The van der Waals surface area contributed by atoms with Gasteiger partial charge < -0.3 is 10.2 Å². The Labute approximate surface area is 176 Å². The lowest BCUT2D eigenvalue weighted by molar-refractivity contribution is 0.0949. The molecule has 2 aromatic carbocycles. The quantitative estimate of drug-likeness (QED) is 0.432. The monoisotopic (exact) mass is 430 g/mol. The van der Waals surface area contributed by atoms with E-state index in [2.05, 4.69) is 15.6 Å². The Morgan fingerprint density at radius 2 is 1.93 bits per heavy atom. The van der Waals surface area contributed by atoms with Crippen LogP contribution >= 0.6 is 23.2 Å². The minimum atomic E-state index is -0.454.